The fourth-order valence-corrected chi connectivity index (χ4v) is 2.81. The molecule has 0 amide bonds. The minimum Gasteiger partial charge on any atom is -0.461 e. The zero-order valence-electron chi connectivity index (χ0n) is 6.88. The van der Waals surface area contributed by atoms with Crippen LogP contribution in [0.4, 0.5) is 0 Å². The molecular formula is C9H14O2. The molecule has 0 aliphatic heterocycles. The van der Waals surface area contributed by atoms with Crippen molar-refractivity contribution in [2.24, 2.45) is 11.8 Å². The topological polar surface area (TPSA) is 26.3 Å². The van der Waals surface area contributed by atoms with Gasteiger partial charge in [0.1, 0.15) is 5.60 Å². The van der Waals surface area contributed by atoms with Gasteiger partial charge in [-0.1, -0.05) is 0 Å². The Morgan fingerprint density at radius 3 is 2.82 bits per heavy atom. The van der Waals surface area contributed by atoms with E-state index in [9.17, 15) is 4.79 Å². The Bertz CT molecular complexity index is 178. The molecule has 2 rings (SSSR count). The molecule has 3 unspecified atom stereocenters. The predicted octanol–water partition coefficient (Wildman–Crippen LogP) is 1.74. The molecule has 0 aromatic rings. The highest BCUT2D eigenvalue weighted by molar-refractivity contribution is 5.38. The molecule has 2 nitrogen and oxygen atoms in total. The van der Waals surface area contributed by atoms with E-state index >= 15 is 0 Å². The maximum Gasteiger partial charge on any atom is 0.293 e. The van der Waals surface area contributed by atoms with Crippen LogP contribution in [0.1, 0.15) is 32.6 Å². The van der Waals surface area contributed by atoms with E-state index in [4.69, 9.17) is 4.74 Å². The van der Waals surface area contributed by atoms with Crippen molar-refractivity contribution in [2.45, 2.75) is 38.2 Å². The third-order valence-electron chi connectivity index (χ3n) is 3.42. The van der Waals surface area contributed by atoms with E-state index in [1.165, 1.54) is 19.3 Å². The van der Waals surface area contributed by atoms with Gasteiger partial charge < -0.3 is 4.74 Å². The first kappa shape index (κ1) is 7.14. The summed E-state index contributed by atoms with van der Waals surface area (Å²) >= 11 is 0. The summed E-state index contributed by atoms with van der Waals surface area (Å²) in [6.07, 6.45) is 4.98. The van der Waals surface area contributed by atoms with Crippen molar-refractivity contribution in [3.63, 3.8) is 0 Å². The lowest BCUT2D eigenvalue weighted by Crippen LogP contribution is -2.34. The summed E-state index contributed by atoms with van der Waals surface area (Å²) in [5, 5.41) is 0. The maximum atomic E-state index is 10.2. The molecule has 0 aromatic heterocycles. The standard InChI is InChI=1S/C9H14O2/c1-9(11-6-10)5-7-2-3-8(9)4-7/h6-8H,2-5H2,1H3. The van der Waals surface area contributed by atoms with E-state index in [2.05, 4.69) is 6.92 Å². The second kappa shape index (κ2) is 2.23. The zero-order valence-corrected chi connectivity index (χ0v) is 6.88. The van der Waals surface area contributed by atoms with Crippen molar-refractivity contribution >= 4 is 6.47 Å². The quantitative estimate of drug-likeness (QED) is 0.566. The first-order valence-electron chi connectivity index (χ1n) is 4.36. The van der Waals surface area contributed by atoms with Crippen molar-refractivity contribution in [2.75, 3.05) is 0 Å². The van der Waals surface area contributed by atoms with Crippen LogP contribution in [0.2, 0.25) is 0 Å². The van der Waals surface area contributed by atoms with E-state index in [0.29, 0.717) is 12.4 Å². The zero-order chi connectivity index (χ0) is 7.90. The molecule has 0 saturated heterocycles. The summed E-state index contributed by atoms with van der Waals surface area (Å²) < 4.78 is 5.14. The molecule has 0 spiro atoms. The average molecular weight is 154 g/mol. The van der Waals surface area contributed by atoms with Crippen LogP contribution in [0.25, 0.3) is 0 Å². The van der Waals surface area contributed by atoms with Crippen molar-refractivity contribution in [3.8, 4) is 0 Å². The summed E-state index contributed by atoms with van der Waals surface area (Å²) in [5.41, 5.74) is -0.106. The van der Waals surface area contributed by atoms with Gasteiger partial charge in [0.25, 0.3) is 6.47 Å². The minimum absolute atomic E-state index is 0.106. The smallest absolute Gasteiger partial charge is 0.293 e. The van der Waals surface area contributed by atoms with Gasteiger partial charge in [0.2, 0.25) is 0 Å². The van der Waals surface area contributed by atoms with Crippen LogP contribution in [-0.4, -0.2) is 12.1 Å². The van der Waals surface area contributed by atoms with E-state index in [-0.39, 0.29) is 5.60 Å². The number of carbonyl (C=O) groups excluding carboxylic acids is 1. The fourth-order valence-electron chi connectivity index (χ4n) is 2.81. The lowest BCUT2D eigenvalue weighted by atomic mass is 9.86. The molecule has 2 fully saturated rings. The molecule has 11 heavy (non-hydrogen) atoms. The molecule has 2 heteroatoms. The van der Waals surface area contributed by atoms with Crippen molar-refractivity contribution in [3.05, 3.63) is 0 Å². The third kappa shape index (κ3) is 0.959. The Hall–Kier alpha value is -0.530. The van der Waals surface area contributed by atoms with Gasteiger partial charge in [0.05, 0.1) is 0 Å². The van der Waals surface area contributed by atoms with Gasteiger partial charge in [0, 0.05) is 0 Å². The second-order valence-corrected chi connectivity index (χ2v) is 4.11. The third-order valence-corrected chi connectivity index (χ3v) is 3.42. The Morgan fingerprint density at radius 2 is 2.36 bits per heavy atom. The molecule has 0 heterocycles. The van der Waals surface area contributed by atoms with E-state index in [0.717, 1.165) is 12.3 Å². The highest BCUT2D eigenvalue weighted by Crippen LogP contribution is 2.51. The molecule has 2 aliphatic carbocycles. The van der Waals surface area contributed by atoms with Gasteiger partial charge in [-0.3, -0.25) is 4.79 Å². The number of hydrogen-bond acceptors (Lipinski definition) is 2. The van der Waals surface area contributed by atoms with E-state index in [1.54, 1.807) is 0 Å². The second-order valence-electron chi connectivity index (χ2n) is 4.11. The lowest BCUT2D eigenvalue weighted by molar-refractivity contribution is -0.146. The molecule has 0 radical (unpaired) electrons. The first-order valence-corrected chi connectivity index (χ1v) is 4.36. The van der Waals surface area contributed by atoms with Crippen LogP contribution in [0.15, 0.2) is 0 Å². The molecule has 2 aliphatic rings. The molecule has 62 valence electrons. The number of ether oxygens (including phenoxy) is 1. The van der Waals surface area contributed by atoms with Crippen molar-refractivity contribution < 1.29 is 9.53 Å². The Morgan fingerprint density at radius 1 is 1.55 bits per heavy atom. The summed E-state index contributed by atoms with van der Waals surface area (Å²) in [6.45, 7) is 2.69. The summed E-state index contributed by atoms with van der Waals surface area (Å²) in [7, 11) is 0. The van der Waals surface area contributed by atoms with Gasteiger partial charge in [-0.2, -0.15) is 0 Å². The lowest BCUT2D eigenvalue weighted by Gasteiger charge is -2.31. The molecule has 2 saturated carbocycles. The number of rotatable bonds is 2. The molecular weight excluding hydrogens is 140 g/mol. The SMILES string of the molecule is CC1(OC=O)CC2CCC1C2. The van der Waals surface area contributed by atoms with Gasteiger partial charge in [-0.15, -0.1) is 0 Å². The van der Waals surface area contributed by atoms with Gasteiger partial charge in [-0.05, 0) is 44.4 Å². The Balaban J connectivity index is 2.10. The minimum atomic E-state index is -0.106. The van der Waals surface area contributed by atoms with Crippen LogP contribution in [0.3, 0.4) is 0 Å². The molecule has 0 aromatic carbocycles. The summed E-state index contributed by atoms with van der Waals surface area (Å²) in [5.74, 6) is 1.49. The van der Waals surface area contributed by atoms with E-state index in [1.807, 2.05) is 0 Å². The predicted molar refractivity (Wildman–Crippen MR) is 41.0 cm³/mol. The molecule has 0 N–H and O–H groups in total. The highest BCUT2D eigenvalue weighted by Gasteiger charge is 2.49. The Labute approximate surface area is 66.9 Å². The summed E-state index contributed by atoms with van der Waals surface area (Å²) in [6, 6.07) is 0. The van der Waals surface area contributed by atoms with Gasteiger partial charge >= 0.3 is 0 Å². The molecule has 2 bridgehead atoms. The maximum absolute atomic E-state index is 10.2. The fraction of sp³-hybridized carbons (Fsp3) is 0.889. The van der Waals surface area contributed by atoms with Gasteiger partial charge in [-0.25, -0.2) is 0 Å². The monoisotopic (exact) mass is 154 g/mol. The number of fused-ring (bicyclic) bond motifs is 2. The van der Waals surface area contributed by atoms with E-state index < -0.39 is 0 Å². The van der Waals surface area contributed by atoms with Crippen LogP contribution in [0.5, 0.6) is 0 Å². The Kier molecular flexibility index (Phi) is 1.44. The summed E-state index contributed by atoms with van der Waals surface area (Å²) in [4.78, 5) is 10.2. The van der Waals surface area contributed by atoms with Crippen molar-refractivity contribution in [1.29, 1.82) is 0 Å². The number of carbonyl (C=O) groups is 1. The van der Waals surface area contributed by atoms with Crippen LogP contribution >= 0.6 is 0 Å². The number of hydrogen-bond donors (Lipinski definition) is 0. The van der Waals surface area contributed by atoms with Gasteiger partial charge in [0.15, 0.2) is 0 Å². The normalized spacial score (nSPS) is 47.7. The first-order chi connectivity index (χ1) is 5.24. The highest BCUT2D eigenvalue weighted by atomic mass is 16.5. The average Bonchev–Trinajstić information content (AvgIpc) is 2.45. The van der Waals surface area contributed by atoms with Crippen LogP contribution in [0, 0.1) is 11.8 Å². The van der Waals surface area contributed by atoms with Crippen LogP contribution in [-0.2, 0) is 9.53 Å². The molecule has 3 atom stereocenters. The largest absolute Gasteiger partial charge is 0.461 e. The van der Waals surface area contributed by atoms with Crippen LogP contribution < -0.4 is 0 Å². The van der Waals surface area contributed by atoms with Crippen molar-refractivity contribution in [1.82, 2.24) is 0 Å².